The number of carbonyl (C=O) groups is 1. The standard InChI is InChI=1S/C81H149NO18/c1-3-5-7-9-11-13-15-17-19-21-22-23-24-25-26-27-28-29-30-31-32-33-34-35-36-37-38-39-40-41-42-43-45-47-49-51-53-55-57-59-69(87)82-64(65(86)58-56-54-52-50-48-46-44-20-18-16-14-12-10-8-6-4-2)63-95-79-75(93)72(90)77(67(61-84)97-79)100-81-76(94)73(91)78(68(62-85)98-81)99-80-74(92)71(89)70(88)66(60-83)96-80/h5,7,11,13,17,19,22-23,64-68,70-81,83-86,88-94H,3-4,6,8-10,12,14-16,18,20-21,24-63H2,1-2H3,(H,82,87)/b7-5-,13-11-,19-17-,23-22-. The molecule has 3 aliphatic rings. The van der Waals surface area contributed by atoms with Crippen LogP contribution in [0.2, 0.25) is 0 Å². The highest BCUT2D eigenvalue weighted by molar-refractivity contribution is 5.76. The molecule has 0 saturated carbocycles. The van der Waals surface area contributed by atoms with E-state index < -0.39 is 124 Å². The molecule has 0 aromatic heterocycles. The number of hydrogen-bond donors (Lipinski definition) is 12. The predicted molar refractivity (Wildman–Crippen MR) is 397 cm³/mol. The van der Waals surface area contributed by atoms with E-state index in [1.54, 1.807) is 0 Å². The number of aliphatic hydroxyl groups is 11. The average Bonchev–Trinajstić information content (AvgIpc) is 0.784. The zero-order valence-corrected chi connectivity index (χ0v) is 62.7. The third kappa shape index (κ3) is 41.6. The Balaban J connectivity index is 1.29. The average molecular weight is 1430 g/mol. The molecule has 3 aliphatic heterocycles. The van der Waals surface area contributed by atoms with Crippen molar-refractivity contribution in [2.75, 3.05) is 26.4 Å². The molecule has 3 heterocycles. The summed E-state index contributed by atoms with van der Waals surface area (Å²) in [5.41, 5.74) is 0. The molecule has 100 heavy (non-hydrogen) atoms. The normalized spacial score (nSPS) is 26.7. The maximum Gasteiger partial charge on any atom is 0.220 e. The van der Waals surface area contributed by atoms with E-state index in [0.29, 0.717) is 12.8 Å². The zero-order valence-electron chi connectivity index (χ0n) is 62.7. The van der Waals surface area contributed by atoms with Gasteiger partial charge in [0.05, 0.1) is 38.6 Å². The molecule has 0 aliphatic carbocycles. The van der Waals surface area contributed by atoms with Crippen LogP contribution in [-0.2, 0) is 33.2 Å². The van der Waals surface area contributed by atoms with E-state index in [1.807, 2.05) is 0 Å². The van der Waals surface area contributed by atoms with Crippen molar-refractivity contribution in [1.29, 1.82) is 0 Å². The van der Waals surface area contributed by atoms with Gasteiger partial charge in [-0.15, -0.1) is 0 Å². The molecule has 12 N–H and O–H groups in total. The van der Waals surface area contributed by atoms with Crippen molar-refractivity contribution in [2.24, 2.45) is 0 Å². The Bertz CT molecular complexity index is 1990. The molecular weight excluding hydrogens is 1270 g/mol. The van der Waals surface area contributed by atoms with Crippen molar-refractivity contribution in [3.8, 4) is 0 Å². The van der Waals surface area contributed by atoms with E-state index in [1.165, 1.54) is 225 Å². The molecule has 17 unspecified atom stereocenters. The van der Waals surface area contributed by atoms with Crippen LogP contribution in [0, 0.1) is 0 Å². The highest BCUT2D eigenvalue weighted by atomic mass is 16.8. The van der Waals surface area contributed by atoms with Crippen molar-refractivity contribution in [1.82, 2.24) is 5.32 Å². The minimum absolute atomic E-state index is 0.236. The van der Waals surface area contributed by atoms with Crippen molar-refractivity contribution < 1.29 is 89.4 Å². The van der Waals surface area contributed by atoms with Gasteiger partial charge in [-0.05, 0) is 51.4 Å². The van der Waals surface area contributed by atoms with Gasteiger partial charge in [0, 0.05) is 6.42 Å². The Morgan fingerprint density at radius 3 is 1.08 bits per heavy atom. The smallest absolute Gasteiger partial charge is 0.220 e. The van der Waals surface area contributed by atoms with Crippen LogP contribution in [0.5, 0.6) is 0 Å². The van der Waals surface area contributed by atoms with Crippen molar-refractivity contribution in [3.63, 3.8) is 0 Å². The Morgan fingerprint density at radius 1 is 0.370 bits per heavy atom. The van der Waals surface area contributed by atoms with Crippen LogP contribution in [-0.4, -0.2) is 193 Å². The second-order valence-corrected chi connectivity index (χ2v) is 29.2. The third-order valence-electron chi connectivity index (χ3n) is 20.4. The van der Waals surface area contributed by atoms with E-state index in [2.05, 4.69) is 67.8 Å². The van der Waals surface area contributed by atoms with Crippen LogP contribution in [0.25, 0.3) is 0 Å². The molecular formula is C81H149NO18. The molecule has 0 aromatic rings. The second kappa shape index (κ2) is 61.9. The molecule has 0 radical (unpaired) electrons. The maximum absolute atomic E-state index is 13.5. The number of nitrogens with one attached hydrogen (secondary N) is 1. The highest BCUT2D eigenvalue weighted by Gasteiger charge is 2.54. The maximum atomic E-state index is 13.5. The van der Waals surface area contributed by atoms with E-state index in [0.717, 1.165) is 70.6 Å². The summed E-state index contributed by atoms with van der Waals surface area (Å²) in [4.78, 5) is 13.5. The Hall–Kier alpha value is -2.25. The van der Waals surface area contributed by atoms with Crippen LogP contribution < -0.4 is 5.32 Å². The largest absolute Gasteiger partial charge is 0.394 e. The van der Waals surface area contributed by atoms with Gasteiger partial charge in [0.15, 0.2) is 18.9 Å². The highest BCUT2D eigenvalue weighted by Crippen LogP contribution is 2.33. The van der Waals surface area contributed by atoms with E-state index in [4.69, 9.17) is 28.4 Å². The fourth-order valence-electron chi connectivity index (χ4n) is 13.9. The Kier molecular flexibility index (Phi) is 56.9. The molecule has 0 bridgehead atoms. The van der Waals surface area contributed by atoms with E-state index in [9.17, 15) is 61.0 Å². The van der Waals surface area contributed by atoms with E-state index >= 15 is 0 Å². The predicted octanol–water partition coefficient (Wildman–Crippen LogP) is 13.7. The van der Waals surface area contributed by atoms with Gasteiger partial charge in [0.1, 0.15) is 73.2 Å². The number of hydrogen-bond acceptors (Lipinski definition) is 18. The monoisotopic (exact) mass is 1420 g/mol. The minimum atomic E-state index is -1.97. The molecule has 1 amide bonds. The van der Waals surface area contributed by atoms with Gasteiger partial charge in [0.2, 0.25) is 5.91 Å². The summed E-state index contributed by atoms with van der Waals surface area (Å²) in [6.45, 7) is 1.72. The van der Waals surface area contributed by atoms with Gasteiger partial charge in [-0.2, -0.15) is 0 Å². The fraction of sp³-hybridized carbons (Fsp3) is 0.889. The first-order valence-electron chi connectivity index (χ1n) is 40.9. The number of ether oxygens (including phenoxy) is 6. The lowest BCUT2D eigenvalue weighted by Gasteiger charge is -2.48. The number of carbonyl (C=O) groups excluding carboxylic acids is 1. The first-order valence-corrected chi connectivity index (χ1v) is 40.9. The first-order chi connectivity index (χ1) is 48.8. The summed E-state index contributed by atoms with van der Waals surface area (Å²) in [6, 6.07) is -0.886. The van der Waals surface area contributed by atoms with Crippen LogP contribution >= 0.6 is 0 Å². The molecule has 3 saturated heterocycles. The molecule has 3 fully saturated rings. The van der Waals surface area contributed by atoms with E-state index in [-0.39, 0.29) is 18.9 Å². The summed E-state index contributed by atoms with van der Waals surface area (Å²) in [5.74, 6) is -0.236. The topological polar surface area (TPSA) is 307 Å². The Morgan fingerprint density at radius 2 is 0.690 bits per heavy atom. The SMILES string of the molecule is CC/C=C\C/C=C\C/C=C\C/C=C\CCCCCCCCCCCCCCCCCCCCCCCCCCCCC(=O)NC(COC1OC(CO)C(OC2OC(CO)C(OC3OC(CO)C(O)C(O)C3O)C(O)C2O)C(O)C1O)C(O)CCCCCCCCCCCCCCCCCC. The van der Waals surface area contributed by atoms with Crippen LogP contribution in [0.3, 0.4) is 0 Å². The lowest BCUT2D eigenvalue weighted by Crippen LogP contribution is -2.66. The summed E-state index contributed by atoms with van der Waals surface area (Å²) in [6.07, 6.45) is 50.8. The van der Waals surface area contributed by atoms with Crippen molar-refractivity contribution in [3.05, 3.63) is 48.6 Å². The van der Waals surface area contributed by atoms with Gasteiger partial charge in [-0.25, -0.2) is 0 Å². The van der Waals surface area contributed by atoms with Gasteiger partial charge in [-0.3, -0.25) is 4.79 Å². The molecule has 586 valence electrons. The van der Waals surface area contributed by atoms with Gasteiger partial charge < -0.3 is 89.9 Å². The quantitative estimate of drug-likeness (QED) is 0.0199. The number of aliphatic hydroxyl groups excluding tert-OH is 11. The fourth-order valence-corrected chi connectivity index (χ4v) is 13.9. The minimum Gasteiger partial charge on any atom is -0.394 e. The number of rotatable bonds is 65. The van der Waals surface area contributed by atoms with Gasteiger partial charge in [-0.1, -0.05) is 319 Å². The molecule has 0 aromatic carbocycles. The molecule has 3 rings (SSSR count). The molecule has 0 spiro atoms. The van der Waals surface area contributed by atoms with Gasteiger partial charge >= 0.3 is 0 Å². The molecule has 19 nitrogen and oxygen atoms in total. The van der Waals surface area contributed by atoms with Crippen LogP contribution in [0.15, 0.2) is 48.6 Å². The lowest BCUT2D eigenvalue weighted by molar-refractivity contribution is -0.379. The first kappa shape index (κ1) is 92.0. The lowest BCUT2D eigenvalue weighted by atomic mass is 9.96. The Labute approximate surface area is 605 Å². The number of amides is 1. The third-order valence-corrected chi connectivity index (χ3v) is 20.4. The summed E-state index contributed by atoms with van der Waals surface area (Å²) in [7, 11) is 0. The van der Waals surface area contributed by atoms with Gasteiger partial charge in [0.25, 0.3) is 0 Å². The summed E-state index contributed by atoms with van der Waals surface area (Å²) < 4.78 is 34.5. The van der Waals surface area contributed by atoms with Crippen molar-refractivity contribution in [2.45, 2.75) is 433 Å². The number of allylic oxidation sites excluding steroid dienone is 8. The van der Waals surface area contributed by atoms with Crippen LogP contribution in [0.1, 0.15) is 328 Å². The summed E-state index contributed by atoms with van der Waals surface area (Å²) in [5, 5.41) is 121. The molecule has 17 atom stereocenters. The summed E-state index contributed by atoms with van der Waals surface area (Å²) >= 11 is 0. The number of unbranched alkanes of at least 4 members (excludes halogenated alkanes) is 41. The van der Waals surface area contributed by atoms with Crippen molar-refractivity contribution >= 4 is 5.91 Å². The molecule has 19 heteroatoms. The second-order valence-electron chi connectivity index (χ2n) is 29.2. The zero-order chi connectivity index (χ0) is 72.5. The van der Waals surface area contributed by atoms with Crippen LogP contribution in [0.4, 0.5) is 0 Å².